The molecule has 8 aromatic rings. The van der Waals surface area contributed by atoms with E-state index < -0.39 is 0 Å². The highest BCUT2D eigenvalue weighted by Crippen LogP contribution is 2.44. The number of hydrogen-bond acceptors (Lipinski definition) is 2. The minimum atomic E-state index is -0.286. The van der Waals surface area contributed by atoms with Gasteiger partial charge in [0.05, 0.1) is 27.2 Å². The molecule has 54 heavy (non-hydrogen) atoms. The molecule has 5 nitrogen and oxygen atoms in total. The maximum atomic E-state index is 12.5. The fourth-order valence-electron chi connectivity index (χ4n) is 8.38. The molecule has 0 amide bonds. The third-order valence-electron chi connectivity index (χ3n) is 10.8. The fraction of sp³-hybridized carbons (Fsp3) is 0.0612. The second-order valence-electron chi connectivity index (χ2n) is 13.9. The van der Waals surface area contributed by atoms with Crippen LogP contribution in [0.1, 0.15) is 29.7 Å². The summed E-state index contributed by atoms with van der Waals surface area (Å²) in [5.74, 6) is 6.33. The molecule has 6 aromatic carbocycles. The predicted octanol–water partition coefficient (Wildman–Crippen LogP) is 12.3. The maximum absolute atomic E-state index is 12.5. The van der Waals surface area contributed by atoms with Crippen LogP contribution in [0.4, 0.5) is 5.69 Å². The van der Waals surface area contributed by atoms with Gasteiger partial charge >= 0.3 is 0 Å². The summed E-state index contributed by atoms with van der Waals surface area (Å²) in [6.45, 7) is 0. The SMILES string of the molecule is O=[N+]([O-])c1cc(C2=CC=CC#CC2)c(-n2c3c(c4cc(-n5c6ccccc6c6cc(-c7ccccc7)ccc65)ccc42)C=CCC3)c(-c2ccccc2)c1. The number of fused-ring (bicyclic) bond motifs is 6. The van der Waals surface area contributed by atoms with Crippen molar-refractivity contribution < 1.29 is 4.92 Å². The van der Waals surface area contributed by atoms with E-state index >= 15 is 0 Å². The molecule has 0 atom stereocenters. The average molecular weight is 696 g/mol. The molecule has 0 unspecified atom stereocenters. The third kappa shape index (κ3) is 5.11. The summed E-state index contributed by atoms with van der Waals surface area (Å²) in [6.07, 6.45) is 12.6. The molecule has 2 heterocycles. The van der Waals surface area contributed by atoms with Gasteiger partial charge in [0, 0.05) is 62.8 Å². The number of benzene rings is 6. The van der Waals surface area contributed by atoms with Crippen LogP contribution in [0.15, 0.2) is 158 Å². The van der Waals surface area contributed by atoms with Gasteiger partial charge in [0.1, 0.15) is 0 Å². The first-order chi connectivity index (χ1) is 26.6. The number of hydrogen-bond donors (Lipinski definition) is 0. The first-order valence-corrected chi connectivity index (χ1v) is 18.3. The summed E-state index contributed by atoms with van der Waals surface area (Å²) in [4.78, 5) is 12.2. The van der Waals surface area contributed by atoms with Crippen LogP contribution in [-0.4, -0.2) is 14.1 Å². The van der Waals surface area contributed by atoms with Gasteiger partial charge in [-0.25, -0.2) is 0 Å². The Morgan fingerprint density at radius 2 is 1.37 bits per heavy atom. The van der Waals surface area contributed by atoms with Crippen LogP contribution in [0.25, 0.3) is 78.0 Å². The summed E-state index contributed by atoms with van der Waals surface area (Å²) < 4.78 is 4.75. The van der Waals surface area contributed by atoms with Gasteiger partial charge < -0.3 is 9.13 Å². The van der Waals surface area contributed by atoms with E-state index in [1.807, 2.05) is 48.6 Å². The van der Waals surface area contributed by atoms with Gasteiger partial charge in [-0.15, -0.1) is 0 Å². The summed E-state index contributed by atoms with van der Waals surface area (Å²) in [7, 11) is 0. The zero-order chi connectivity index (χ0) is 36.2. The van der Waals surface area contributed by atoms with Gasteiger partial charge in [-0.3, -0.25) is 10.1 Å². The van der Waals surface area contributed by atoms with Crippen LogP contribution in [0, 0.1) is 22.0 Å². The van der Waals surface area contributed by atoms with Crippen molar-refractivity contribution in [1.29, 1.82) is 0 Å². The maximum Gasteiger partial charge on any atom is 0.270 e. The lowest BCUT2D eigenvalue weighted by Gasteiger charge is -2.22. The molecule has 5 heteroatoms. The van der Waals surface area contributed by atoms with E-state index in [9.17, 15) is 10.1 Å². The molecular formula is C49H33N3O2. The Hall–Kier alpha value is -7.16. The van der Waals surface area contributed by atoms with E-state index in [0.29, 0.717) is 6.42 Å². The number of rotatable bonds is 6. The Balaban J connectivity index is 1.25. The monoisotopic (exact) mass is 695 g/mol. The second kappa shape index (κ2) is 12.8. The minimum Gasteiger partial charge on any atom is -0.312 e. The number of aromatic nitrogens is 2. The van der Waals surface area contributed by atoms with Gasteiger partial charge in [-0.1, -0.05) is 121 Å². The molecule has 10 rings (SSSR count). The summed E-state index contributed by atoms with van der Waals surface area (Å²) >= 11 is 0. The average Bonchev–Trinajstić information content (AvgIpc) is 3.57. The molecule has 0 spiro atoms. The zero-order valence-corrected chi connectivity index (χ0v) is 29.4. The normalized spacial score (nSPS) is 13.4. The Morgan fingerprint density at radius 3 is 2.20 bits per heavy atom. The molecule has 2 aliphatic rings. The van der Waals surface area contributed by atoms with Crippen LogP contribution < -0.4 is 0 Å². The van der Waals surface area contributed by atoms with E-state index in [1.165, 1.54) is 33.2 Å². The van der Waals surface area contributed by atoms with Crippen molar-refractivity contribution in [3.8, 4) is 45.5 Å². The van der Waals surface area contributed by atoms with Gasteiger partial charge in [-0.05, 0) is 77.6 Å². The first kappa shape index (κ1) is 31.6. The second-order valence-corrected chi connectivity index (χ2v) is 13.9. The fourth-order valence-corrected chi connectivity index (χ4v) is 8.38. The highest BCUT2D eigenvalue weighted by Gasteiger charge is 2.27. The summed E-state index contributed by atoms with van der Waals surface area (Å²) in [5, 5.41) is 16.0. The summed E-state index contributed by atoms with van der Waals surface area (Å²) in [6, 6.07) is 46.2. The molecule has 0 saturated heterocycles. The molecule has 0 N–H and O–H groups in total. The van der Waals surface area contributed by atoms with E-state index in [0.717, 1.165) is 68.4 Å². The predicted molar refractivity (Wildman–Crippen MR) is 222 cm³/mol. The lowest BCUT2D eigenvalue weighted by Crippen LogP contribution is -2.09. The molecule has 0 radical (unpaired) electrons. The van der Waals surface area contributed by atoms with Crippen molar-refractivity contribution in [2.45, 2.75) is 19.3 Å². The summed E-state index contributed by atoms with van der Waals surface area (Å²) in [5.41, 5.74) is 13.7. The Labute approximate surface area is 312 Å². The zero-order valence-electron chi connectivity index (χ0n) is 29.4. The number of nitro benzene ring substituents is 1. The van der Waals surface area contributed by atoms with Crippen LogP contribution in [0.3, 0.4) is 0 Å². The van der Waals surface area contributed by atoms with Gasteiger partial charge in [-0.2, -0.15) is 0 Å². The largest absolute Gasteiger partial charge is 0.312 e. The smallest absolute Gasteiger partial charge is 0.270 e. The Bertz CT molecular complexity index is 2980. The lowest BCUT2D eigenvalue weighted by molar-refractivity contribution is -0.384. The van der Waals surface area contributed by atoms with Gasteiger partial charge in [0.15, 0.2) is 0 Å². The van der Waals surface area contributed by atoms with E-state index in [4.69, 9.17) is 0 Å². The van der Waals surface area contributed by atoms with E-state index in [-0.39, 0.29) is 10.6 Å². The molecule has 0 aliphatic heterocycles. The van der Waals surface area contributed by atoms with Crippen LogP contribution in [0.5, 0.6) is 0 Å². The van der Waals surface area contributed by atoms with E-state index in [1.54, 1.807) is 12.1 Å². The number of nitrogens with zero attached hydrogens (tertiary/aromatic N) is 3. The van der Waals surface area contributed by atoms with Crippen molar-refractivity contribution in [2.75, 3.05) is 0 Å². The highest BCUT2D eigenvalue weighted by atomic mass is 16.6. The first-order valence-electron chi connectivity index (χ1n) is 18.3. The number of allylic oxidation sites excluding steroid dienone is 5. The Kier molecular flexibility index (Phi) is 7.49. The van der Waals surface area contributed by atoms with Crippen molar-refractivity contribution >= 4 is 50.0 Å². The van der Waals surface area contributed by atoms with Gasteiger partial charge in [0.2, 0.25) is 0 Å². The van der Waals surface area contributed by atoms with Crippen molar-refractivity contribution in [1.82, 2.24) is 9.13 Å². The molecule has 256 valence electrons. The quantitative estimate of drug-likeness (QED) is 0.0988. The topological polar surface area (TPSA) is 53.0 Å². The van der Waals surface area contributed by atoms with Crippen LogP contribution in [0.2, 0.25) is 0 Å². The minimum absolute atomic E-state index is 0.0592. The molecule has 0 saturated carbocycles. The lowest BCUT2D eigenvalue weighted by atomic mass is 9.92. The highest BCUT2D eigenvalue weighted by molar-refractivity contribution is 6.11. The van der Waals surface area contributed by atoms with Crippen LogP contribution >= 0.6 is 0 Å². The molecule has 0 bridgehead atoms. The van der Waals surface area contributed by atoms with Crippen LogP contribution in [-0.2, 0) is 6.42 Å². The Morgan fingerprint density at radius 1 is 0.648 bits per heavy atom. The molecule has 2 aliphatic carbocycles. The van der Waals surface area contributed by atoms with Crippen molar-refractivity contribution in [3.05, 3.63) is 185 Å². The number of non-ortho nitro benzene ring substituents is 1. The molecule has 2 aromatic heterocycles. The number of nitro groups is 1. The standard InChI is InChI=1S/C49H33N3O2/c53-52(54)38-31-41(34-17-5-1-2-6-18-34)49(42(32-38)35-19-9-4-10-20-35)51-46-24-14-12-22-40(46)44-30-37(26-28-48(44)51)50-45-23-13-11-21-39(45)43-29-36(25-27-47(43)50)33-15-7-3-8-16-33/h1,3-5,7-13,15-17,19-23,25-32H,14,18,24H2. The molecular weight excluding hydrogens is 663 g/mol. The third-order valence-corrected chi connectivity index (χ3v) is 10.8. The van der Waals surface area contributed by atoms with E-state index in [2.05, 4.69) is 124 Å². The van der Waals surface area contributed by atoms with Crippen molar-refractivity contribution in [3.63, 3.8) is 0 Å². The molecule has 0 fully saturated rings. The van der Waals surface area contributed by atoms with Gasteiger partial charge in [0.25, 0.3) is 5.69 Å². The van der Waals surface area contributed by atoms with Crippen molar-refractivity contribution in [2.24, 2.45) is 0 Å². The number of para-hydroxylation sites is 1.